The molecule has 0 aliphatic heterocycles. The van der Waals surface area contributed by atoms with E-state index >= 15 is 0 Å². The highest BCUT2D eigenvalue weighted by atomic mass is 32.1. The zero-order chi connectivity index (χ0) is 14.9. The Balaban J connectivity index is 2.24. The predicted molar refractivity (Wildman–Crippen MR) is 69.1 cm³/mol. The largest absolute Gasteiger partial charge is 0.416 e. The van der Waals surface area contributed by atoms with Gasteiger partial charge in [-0.15, -0.1) is 0 Å². The van der Waals surface area contributed by atoms with E-state index in [1.807, 2.05) is 0 Å². The van der Waals surface area contributed by atoms with Crippen LogP contribution >= 0.6 is 11.3 Å². The highest BCUT2D eigenvalue weighted by Crippen LogP contribution is 2.30. The van der Waals surface area contributed by atoms with Crippen LogP contribution in [0.1, 0.15) is 20.9 Å². The molecule has 0 saturated carbocycles. The molecule has 2 rings (SSSR count). The summed E-state index contributed by atoms with van der Waals surface area (Å²) in [5.41, 5.74) is -0.455. The number of aromatic amines is 1. The van der Waals surface area contributed by atoms with Gasteiger partial charge in [-0.2, -0.15) is 13.2 Å². The second-order valence-electron chi connectivity index (χ2n) is 4.00. The molecule has 1 aromatic carbocycles. The fraction of sp³-hybridized carbons (Fsp3) is 0.167. The smallest absolute Gasteiger partial charge is 0.321 e. The minimum Gasteiger partial charge on any atom is -0.321 e. The van der Waals surface area contributed by atoms with Gasteiger partial charge < -0.3 is 10.3 Å². The van der Waals surface area contributed by atoms with Gasteiger partial charge in [0.25, 0.3) is 5.91 Å². The van der Waals surface area contributed by atoms with Crippen molar-refractivity contribution >= 4 is 22.9 Å². The second-order valence-corrected chi connectivity index (χ2v) is 4.98. The molecule has 2 aromatic rings. The lowest BCUT2D eigenvalue weighted by atomic mass is 10.2. The van der Waals surface area contributed by atoms with Gasteiger partial charge in [0, 0.05) is 11.4 Å². The van der Waals surface area contributed by atoms with Gasteiger partial charge in [0.15, 0.2) is 0 Å². The van der Waals surface area contributed by atoms with Gasteiger partial charge in [0.2, 0.25) is 0 Å². The van der Waals surface area contributed by atoms with E-state index in [0.29, 0.717) is 17.0 Å². The van der Waals surface area contributed by atoms with Gasteiger partial charge in [-0.25, -0.2) is 0 Å². The number of amides is 1. The molecule has 1 aromatic heterocycles. The molecular weight excluding hydrogens is 293 g/mol. The van der Waals surface area contributed by atoms with Crippen molar-refractivity contribution in [3.63, 3.8) is 0 Å². The molecule has 0 atom stereocenters. The molecule has 2 N–H and O–H groups in total. The minimum absolute atomic E-state index is 0.0186. The van der Waals surface area contributed by atoms with Crippen molar-refractivity contribution < 1.29 is 18.0 Å². The third-order valence-corrected chi connectivity index (χ3v) is 3.46. The Morgan fingerprint density at radius 2 is 2.05 bits per heavy atom. The molecule has 0 fully saturated rings. The molecule has 1 amide bonds. The van der Waals surface area contributed by atoms with Gasteiger partial charge >= 0.3 is 11.0 Å². The summed E-state index contributed by atoms with van der Waals surface area (Å²) < 4.78 is 37.6. The van der Waals surface area contributed by atoms with E-state index < -0.39 is 22.5 Å². The Kier molecular flexibility index (Phi) is 3.67. The number of benzene rings is 1. The van der Waals surface area contributed by atoms with Gasteiger partial charge in [-0.05, 0) is 25.1 Å². The zero-order valence-corrected chi connectivity index (χ0v) is 11.0. The summed E-state index contributed by atoms with van der Waals surface area (Å²) in [6.07, 6.45) is -4.48. The number of aryl methyl sites for hydroxylation is 1. The number of alkyl halides is 3. The first-order valence-corrected chi connectivity index (χ1v) is 6.27. The zero-order valence-electron chi connectivity index (χ0n) is 10.2. The molecular formula is C12H9F3N2O2S. The van der Waals surface area contributed by atoms with Crippen LogP contribution in [0.4, 0.5) is 18.9 Å². The minimum atomic E-state index is -4.48. The average Bonchev–Trinajstić information content (AvgIpc) is 2.68. The van der Waals surface area contributed by atoms with E-state index in [2.05, 4.69) is 10.3 Å². The fourth-order valence-electron chi connectivity index (χ4n) is 1.58. The first-order valence-electron chi connectivity index (χ1n) is 5.45. The molecule has 0 saturated heterocycles. The summed E-state index contributed by atoms with van der Waals surface area (Å²) >= 11 is 0.706. The number of hydrogen-bond acceptors (Lipinski definition) is 3. The Morgan fingerprint density at radius 1 is 1.35 bits per heavy atom. The number of anilines is 1. The van der Waals surface area contributed by atoms with Crippen LogP contribution in [0.5, 0.6) is 0 Å². The first-order chi connectivity index (χ1) is 9.27. The van der Waals surface area contributed by atoms with Gasteiger partial charge in [0.05, 0.1) is 5.56 Å². The van der Waals surface area contributed by atoms with Crippen LogP contribution in [0.3, 0.4) is 0 Å². The predicted octanol–water partition coefficient (Wildman–Crippen LogP) is 3.02. The molecule has 0 aliphatic carbocycles. The van der Waals surface area contributed by atoms with Crippen molar-refractivity contribution in [1.82, 2.24) is 4.98 Å². The van der Waals surface area contributed by atoms with Crippen LogP contribution in [0.2, 0.25) is 0 Å². The lowest BCUT2D eigenvalue weighted by Crippen LogP contribution is -2.13. The Morgan fingerprint density at radius 3 is 2.60 bits per heavy atom. The molecule has 1 heterocycles. The lowest BCUT2D eigenvalue weighted by molar-refractivity contribution is -0.137. The monoisotopic (exact) mass is 302 g/mol. The van der Waals surface area contributed by atoms with Gasteiger partial charge in [-0.1, -0.05) is 17.4 Å². The quantitative estimate of drug-likeness (QED) is 0.895. The van der Waals surface area contributed by atoms with Crippen molar-refractivity contribution in [3.05, 3.63) is 50.1 Å². The van der Waals surface area contributed by atoms with Crippen molar-refractivity contribution in [2.75, 3.05) is 5.32 Å². The topological polar surface area (TPSA) is 62.0 Å². The van der Waals surface area contributed by atoms with Crippen LogP contribution in [-0.2, 0) is 6.18 Å². The number of thiazole rings is 1. The van der Waals surface area contributed by atoms with E-state index in [0.717, 1.165) is 12.1 Å². The molecule has 0 aliphatic rings. The number of hydrogen-bond donors (Lipinski definition) is 2. The summed E-state index contributed by atoms with van der Waals surface area (Å²) in [5.74, 6) is -0.620. The van der Waals surface area contributed by atoms with Crippen molar-refractivity contribution in [3.8, 4) is 0 Å². The maximum atomic E-state index is 12.5. The molecule has 0 radical (unpaired) electrons. The van der Waals surface area contributed by atoms with Crippen molar-refractivity contribution in [2.45, 2.75) is 13.1 Å². The molecule has 4 nitrogen and oxygen atoms in total. The van der Waals surface area contributed by atoms with Crippen molar-refractivity contribution in [2.24, 2.45) is 0 Å². The Bertz CT molecular complexity index is 703. The van der Waals surface area contributed by atoms with Gasteiger partial charge in [-0.3, -0.25) is 9.59 Å². The number of H-pyrrole nitrogens is 1. The molecule has 0 spiro atoms. The van der Waals surface area contributed by atoms with Crippen molar-refractivity contribution in [1.29, 1.82) is 0 Å². The van der Waals surface area contributed by atoms with Crippen LogP contribution in [0, 0.1) is 6.92 Å². The highest BCUT2D eigenvalue weighted by Gasteiger charge is 2.30. The molecule has 0 bridgehead atoms. The Labute approximate surface area is 115 Å². The first kappa shape index (κ1) is 14.3. The second kappa shape index (κ2) is 5.12. The van der Waals surface area contributed by atoms with Crippen LogP contribution < -0.4 is 10.2 Å². The average molecular weight is 302 g/mol. The van der Waals surface area contributed by atoms with E-state index in [9.17, 15) is 22.8 Å². The maximum absolute atomic E-state index is 12.5. The number of halogens is 3. The van der Waals surface area contributed by atoms with E-state index in [-0.39, 0.29) is 10.6 Å². The van der Waals surface area contributed by atoms with Crippen LogP contribution in [-0.4, -0.2) is 10.9 Å². The summed E-state index contributed by atoms with van der Waals surface area (Å²) in [4.78, 5) is 25.1. The standard InChI is InChI=1S/C12H9F3N2O2S/c1-6-9(20-11(19)16-6)10(18)17-8-4-2-3-7(5-8)12(13,14)15/h2-5H,1H3,(H,16,19)(H,17,18). The normalized spacial score (nSPS) is 11.4. The number of carbonyl (C=O) groups is 1. The molecule has 20 heavy (non-hydrogen) atoms. The third-order valence-electron chi connectivity index (χ3n) is 2.48. The highest BCUT2D eigenvalue weighted by molar-refractivity contribution is 7.11. The SMILES string of the molecule is Cc1[nH]c(=O)sc1C(=O)Nc1cccc(C(F)(F)F)c1. The maximum Gasteiger partial charge on any atom is 0.416 e. The number of nitrogens with one attached hydrogen (secondary N) is 2. The third kappa shape index (κ3) is 3.08. The Hall–Kier alpha value is -2.09. The molecule has 8 heteroatoms. The number of rotatable bonds is 2. The summed E-state index contributed by atoms with van der Waals surface area (Å²) in [6, 6.07) is 4.29. The number of aromatic nitrogens is 1. The van der Waals surface area contributed by atoms with Gasteiger partial charge in [0.1, 0.15) is 4.88 Å². The molecule has 0 unspecified atom stereocenters. The number of carbonyl (C=O) groups excluding carboxylic acids is 1. The van der Waals surface area contributed by atoms with Crippen LogP contribution in [0.25, 0.3) is 0 Å². The van der Waals surface area contributed by atoms with E-state index in [1.165, 1.54) is 12.1 Å². The summed E-state index contributed by atoms with van der Waals surface area (Å²) in [7, 11) is 0. The van der Waals surface area contributed by atoms with Crippen LogP contribution in [0.15, 0.2) is 29.1 Å². The van der Waals surface area contributed by atoms with E-state index in [4.69, 9.17) is 0 Å². The van der Waals surface area contributed by atoms with E-state index in [1.54, 1.807) is 6.92 Å². The fourth-order valence-corrected chi connectivity index (χ4v) is 2.32. The summed E-state index contributed by atoms with van der Waals surface area (Å²) in [6.45, 7) is 1.54. The molecule has 106 valence electrons. The lowest BCUT2D eigenvalue weighted by Gasteiger charge is -2.09. The summed E-state index contributed by atoms with van der Waals surface area (Å²) in [5, 5.41) is 2.34.